The summed E-state index contributed by atoms with van der Waals surface area (Å²) in [7, 11) is 0. The normalized spacial score (nSPS) is 11.4. The summed E-state index contributed by atoms with van der Waals surface area (Å²) < 4.78 is 5.17. The van der Waals surface area contributed by atoms with Crippen LogP contribution in [0.5, 0.6) is 0 Å². The summed E-state index contributed by atoms with van der Waals surface area (Å²) in [5.74, 6) is -1.19. The maximum Gasteiger partial charge on any atom is 0.346 e. The molecular formula is C9H13NO3. The molecule has 0 bridgehead atoms. The number of rotatable bonds is 5. The number of carboxylic acids is 1. The fourth-order valence-electron chi connectivity index (χ4n) is 0.688. The maximum absolute atomic E-state index is 10.3. The Morgan fingerprint density at radius 3 is 2.69 bits per heavy atom. The van der Waals surface area contributed by atoms with Gasteiger partial charge in [-0.3, -0.25) is 0 Å². The predicted octanol–water partition coefficient (Wildman–Crippen LogP) is 1.34. The van der Waals surface area contributed by atoms with Crippen LogP contribution in [-0.2, 0) is 9.53 Å². The molecule has 0 unspecified atom stereocenters. The average Bonchev–Trinajstić information content (AvgIpc) is 2.03. The number of hydrogen-bond acceptors (Lipinski definition) is 3. The SMILES string of the molecule is CC(C)OCCC=C(C#N)C(=O)O. The first-order chi connectivity index (χ1) is 6.07. The average molecular weight is 183 g/mol. The molecule has 0 spiro atoms. The number of ether oxygens (including phenoxy) is 1. The molecule has 0 saturated heterocycles. The van der Waals surface area contributed by atoms with Crippen molar-refractivity contribution in [2.45, 2.75) is 26.4 Å². The van der Waals surface area contributed by atoms with Gasteiger partial charge in [0, 0.05) is 0 Å². The second-order valence-corrected chi connectivity index (χ2v) is 2.74. The number of nitriles is 1. The molecule has 13 heavy (non-hydrogen) atoms. The minimum absolute atomic E-state index is 0.128. The van der Waals surface area contributed by atoms with Crippen LogP contribution in [0, 0.1) is 11.3 Å². The van der Waals surface area contributed by atoms with Crippen LogP contribution in [0.15, 0.2) is 11.6 Å². The molecule has 4 heteroatoms. The first kappa shape index (κ1) is 11.7. The number of nitrogens with zero attached hydrogens (tertiary/aromatic N) is 1. The molecule has 0 radical (unpaired) electrons. The zero-order valence-electron chi connectivity index (χ0n) is 7.78. The molecule has 0 heterocycles. The molecule has 0 saturated carbocycles. The van der Waals surface area contributed by atoms with Crippen LogP contribution in [0.2, 0.25) is 0 Å². The van der Waals surface area contributed by atoms with E-state index < -0.39 is 5.97 Å². The van der Waals surface area contributed by atoms with E-state index in [0.29, 0.717) is 13.0 Å². The van der Waals surface area contributed by atoms with E-state index in [0.717, 1.165) is 0 Å². The lowest BCUT2D eigenvalue weighted by Crippen LogP contribution is -2.04. The van der Waals surface area contributed by atoms with Gasteiger partial charge in [-0.2, -0.15) is 5.26 Å². The first-order valence-electron chi connectivity index (χ1n) is 4.03. The Balaban J connectivity index is 3.83. The van der Waals surface area contributed by atoms with Gasteiger partial charge in [0.05, 0.1) is 12.7 Å². The van der Waals surface area contributed by atoms with E-state index in [2.05, 4.69) is 0 Å². The lowest BCUT2D eigenvalue weighted by molar-refractivity contribution is -0.132. The standard InChI is InChI=1S/C9H13NO3/c1-7(2)13-5-3-4-8(6-10)9(11)12/h4,7H,3,5H2,1-2H3,(H,11,12). The Labute approximate surface area is 77.4 Å². The van der Waals surface area contributed by atoms with Gasteiger partial charge < -0.3 is 9.84 Å². The van der Waals surface area contributed by atoms with Gasteiger partial charge in [-0.05, 0) is 20.3 Å². The second kappa shape index (κ2) is 6.21. The molecule has 0 aromatic rings. The van der Waals surface area contributed by atoms with Crippen LogP contribution >= 0.6 is 0 Å². The van der Waals surface area contributed by atoms with Crippen LogP contribution in [0.1, 0.15) is 20.3 Å². The van der Waals surface area contributed by atoms with E-state index in [9.17, 15) is 4.79 Å². The fraction of sp³-hybridized carbons (Fsp3) is 0.556. The summed E-state index contributed by atoms with van der Waals surface area (Å²) in [5, 5.41) is 16.8. The van der Waals surface area contributed by atoms with Crippen LogP contribution in [0.4, 0.5) is 0 Å². The zero-order valence-corrected chi connectivity index (χ0v) is 7.78. The molecule has 0 rings (SSSR count). The summed E-state index contributed by atoms with van der Waals surface area (Å²) >= 11 is 0. The molecular weight excluding hydrogens is 170 g/mol. The minimum Gasteiger partial charge on any atom is -0.477 e. The monoisotopic (exact) mass is 183 g/mol. The lowest BCUT2D eigenvalue weighted by Gasteiger charge is -2.04. The second-order valence-electron chi connectivity index (χ2n) is 2.74. The third kappa shape index (κ3) is 5.88. The van der Waals surface area contributed by atoms with Crippen molar-refractivity contribution in [2.75, 3.05) is 6.61 Å². The van der Waals surface area contributed by atoms with Crippen molar-refractivity contribution in [3.05, 3.63) is 11.6 Å². The number of aliphatic carboxylic acids is 1. The summed E-state index contributed by atoms with van der Waals surface area (Å²) in [6.07, 6.45) is 1.95. The van der Waals surface area contributed by atoms with E-state index >= 15 is 0 Å². The topological polar surface area (TPSA) is 70.3 Å². The fourth-order valence-corrected chi connectivity index (χ4v) is 0.688. The molecule has 0 aliphatic heterocycles. The van der Waals surface area contributed by atoms with Gasteiger partial charge in [0.1, 0.15) is 11.6 Å². The molecule has 0 atom stereocenters. The zero-order chi connectivity index (χ0) is 10.3. The van der Waals surface area contributed by atoms with Gasteiger partial charge in [-0.25, -0.2) is 4.79 Å². The van der Waals surface area contributed by atoms with Crippen molar-refractivity contribution in [1.82, 2.24) is 0 Å². The summed E-state index contributed by atoms with van der Waals surface area (Å²) in [6, 6.07) is 1.60. The molecule has 0 aromatic heterocycles. The van der Waals surface area contributed by atoms with Gasteiger partial charge in [0.15, 0.2) is 0 Å². The van der Waals surface area contributed by atoms with E-state index in [1.165, 1.54) is 6.08 Å². The highest BCUT2D eigenvalue weighted by Gasteiger charge is 2.03. The van der Waals surface area contributed by atoms with Crippen LogP contribution in [-0.4, -0.2) is 23.8 Å². The Morgan fingerprint density at radius 1 is 1.69 bits per heavy atom. The summed E-state index contributed by atoms with van der Waals surface area (Å²) in [6.45, 7) is 4.23. The first-order valence-corrected chi connectivity index (χ1v) is 4.03. The van der Waals surface area contributed by atoms with Gasteiger partial charge in [-0.1, -0.05) is 6.08 Å². The number of hydrogen-bond donors (Lipinski definition) is 1. The molecule has 1 N–H and O–H groups in total. The molecule has 0 fully saturated rings. The van der Waals surface area contributed by atoms with E-state index in [1.807, 2.05) is 13.8 Å². The molecule has 72 valence electrons. The number of carboxylic acid groups (broad SMARTS) is 1. The summed E-state index contributed by atoms with van der Waals surface area (Å²) in [5.41, 5.74) is -0.229. The lowest BCUT2D eigenvalue weighted by atomic mass is 10.2. The largest absolute Gasteiger partial charge is 0.477 e. The van der Waals surface area contributed by atoms with Crippen molar-refractivity contribution in [3.63, 3.8) is 0 Å². The van der Waals surface area contributed by atoms with E-state index in [4.69, 9.17) is 15.1 Å². The molecule has 0 aliphatic rings. The van der Waals surface area contributed by atoms with Crippen molar-refractivity contribution < 1.29 is 14.6 Å². The molecule has 0 amide bonds. The van der Waals surface area contributed by atoms with Crippen molar-refractivity contribution >= 4 is 5.97 Å². The Kier molecular flexibility index (Phi) is 5.57. The molecule has 0 aromatic carbocycles. The Hall–Kier alpha value is -1.34. The molecule has 4 nitrogen and oxygen atoms in total. The third-order valence-electron chi connectivity index (χ3n) is 1.27. The maximum atomic E-state index is 10.3. The van der Waals surface area contributed by atoms with Gasteiger partial charge in [0.25, 0.3) is 0 Å². The van der Waals surface area contributed by atoms with Gasteiger partial charge in [-0.15, -0.1) is 0 Å². The molecule has 0 aliphatic carbocycles. The quantitative estimate of drug-likeness (QED) is 0.396. The van der Waals surface area contributed by atoms with E-state index in [-0.39, 0.29) is 11.7 Å². The van der Waals surface area contributed by atoms with Crippen molar-refractivity contribution in [3.8, 4) is 6.07 Å². The summed E-state index contributed by atoms with van der Waals surface area (Å²) in [4.78, 5) is 10.3. The van der Waals surface area contributed by atoms with Crippen LogP contribution in [0.25, 0.3) is 0 Å². The Bertz CT molecular complexity index is 238. The Morgan fingerprint density at radius 2 is 2.31 bits per heavy atom. The minimum atomic E-state index is -1.19. The highest BCUT2D eigenvalue weighted by molar-refractivity contribution is 5.90. The van der Waals surface area contributed by atoms with E-state index in [1.54, 1.807) is 6.07 Å². The smallest absolute Gasteiger partial charge is 0.346 e. The number of carbonyl (C=O) groups is 1. The predicted molar refractivity (Wildman–Crippen MR) is 47.0 cm³/mol. The highest BCUT2D eigenvalue weighted by atomic mass is 16.5. The van der Waals surface area contributed by atoms with Gasteiger partial charge in [0.2, 0.25) is 0 Å². The van der Waals surface area contributed by atoms with Crippen LogP contribution in [0.3, 0.4) is 0 Å². The highest BCUT2D eigenvalue weighted by Crippen LogP contribution is 1.97. The van der Waals surface area contributed by atoms with Gasteiger partial charge >= 0.3 is 5.97 Å². The van der Waals surface area contributed by atoms with Crippen LogP contribution < -0.4 is 0 Å². The third-order valence-corrected chi connectivity index (χ3v) is 1.27. The van der Waals surface area contributed by atoms with Crippen molar-refractivity contribution in [2.24, 2.45) is 0 Å². The van der Waals surface area contributed by atoms with Crippen molar-refractivity contribution in [1.29, 1.82) is 5.26 Å².